The van der Waals surface area contributed by atoms with Crippen LogP contribution in [0.15, 0.2) is 18.2 Å². The lowest BCUT2D eigenvalue weighted by atomic mass is 10.1. The second-order valence-electron chi connectivity index (χ2n) is 3.85. The molecule has 4 N–H and O–H groups in total. The van der Waals surface area contributed by atoms with Crippen molar-refractivity contribution in [1.29, 1.82) is 0 Å². The fourth-order valence-corrected chi connectivity index (χ4v) is 1.38. The van der Waals surface area contributed by atoms with Crippen LogP contribution >= 0.6 is 0 Å². The molecular formula is C11H14N2O6. The van der Waals surface area contributed by atoms with Crippen LogP contribution in [0.4, 0.5) is 5.69 Å². The van der Waals surface area contributed by atoms with Gasteiger partial charge in [0.05, 0.1) is 24.2 Å². The van der Waals surface area contributed by atoms with E-state index in [0.29, 0.717) is 0 Å². The van der Waals surface area contributed by atoms with Crippen molar-refractivity contribution in [3.63, 3.8) is 0 Å². The average molecular weight is 270 g/mol. The van der Waals surface area contributed by atoms with E-state index >= 15 is 0 Å². The quantitative estimate of drug-likeness (QED) is 0.394. The molecule has 0 aliphatic rings. The van der Waals surface area contributed by atoms with Crippen LogP contribution in [0.25, 0.3) is 0 Å². The molecule has 104 valence electrons. The molecule has 0 radical (unpaired) electrons. The molecule has 0 bridgehead atoms. The second kappa shape index (κ2) is 6.78. The smallest absolute Gasteiger partial charge is 0.270 e. The fourth-order valence-electron chi connectivity index (χ4n) is 1.38. The molecular weight excluding hydrogens is 256 g/mol. The maximum absolute atomic E-state index is 11.7. The summed E-state index contributed by atoms with van der Waals surface area (Å²) in [5.74, 6) is -0.633. The predicted molar refractivity (Wildman–Crippen MR) is 64.4 cm³/mol. The Hall–Kier alpha value is -2.03. The third-order valence-electron chi connectivity index (χ3n) is 2.34. The number of benzene rings is 1. The number of non-ortho nitro benzene ring substituents is 1. The summed E-state index contributed by atoms with van der Waals surface area (Å²) in [6, 6.07) is 3.55. The molecule has 8 nitrogen and oxygen atoms in total. The summed E-state index contributed by atoms with van der Waals surface area (Å²) in [6.07, 6.45) is -1.10. The number of carbonyl (C=O) groups is 1. The molecule has 0 aliphatic heterocycles. The lowest BCUT2D eigenvalue weighted by Gasteiger charge is -2.09. The average Bonchev–Trinajstić information content (AvgIpc) is 2.43. The molecule has 0 saturated carbocycles. The van der Waals surface area contributed by atoms with Crippen LogP contribution in [0.2, 0.25) is 0 Å². The van der Waals surface area contributed by atoms with Gasteiger partial charge in [0.15, 0.2) is 0 Å². The van der Waals surface area contributed by atoms with E-state index in [0.717, 1.165) is 6.07 Å². The van der Waals surface area contributed by atoms with Crippen molar-refractivity contribution in [2.75, 3.05) is 13.2 Å². The molecule has 1 rings (SSSR count). The Labute approximate surface area is 108 Å². The first-order chi connectivity index (χ1) is 8.97. The molecule has 0 aromatic heterocycles. The number of hydrogen-bond acceptors (Lipinski definition) is 6. The molecule has 19 heavy (non-hydrogen) atoms. The predicted octanol–water partition coefficient (Wildman–Crippen LogP) is -0.830. The molecule has 0 spiro atoms. The number of carbonyl (C=O) groups excluding carboxylic acids is 1. The Morgan fingerprint density at radius 3 is 2.58 bits per heavy atom. The third-order valence-corrected chi connectivity index (χ3v) is 2.34. The Kier molecular flexibility index (Phi) is 5.37. The van der Waals surface area contributed by atoms with Crippen molar-refractivity contribution < 1.29 is 25.0 Å². The highest BCUT2D eigenvalue weighted by molar-refractivity contribution is 5.95. The number of nitrogens with one attached hydrogen (secondary N) is 1. The number of aliphatic hydroxyl groups excluding tert-OH is 3. The summed E-state index contributed by atoms with van der Waals surface area (Å²) in [4.78, 5) is 21.7. The van der Waals surface area contributed by atoms with Crippen molar-refractivity contribution in [2.24, 2.45) is 0 Å². The van der Waals surface area contributed by atoms with E-state index in [1.54, 1.807) is 0 Å². The van der Waals surface area contributed by atoms with Crippen LogP contribution in [0.3, 0.4) is 0 Å². The number of nitrogens with zero attached hydrogens (tertiary/aromatic N) is 1. The van der Waals surface area contributed by atoms with Gasteiger partial charge in [-0.2, -0.15) is 0 Å². The molecule has 1 atom stereocenters. The van der Waals surface area contributed by atoms with Gasteiger partial charge in [-0.3, -0.25) is 14.9 Å². The van der Waals surface area contributed by atoms with Crippen molar-refractivity contribution in [1.82, 2.24) is 5.32 Å². The topological polar surface area (TPSA) is 133 Å². The lowest BCUT2D eigenvalue weighted by molar-refractivity contribution is -0.385. The molecule has 1 aromatic carbocycles. The van der Waals surface area contributed by atoms with E-state index in [1.165, 1.54) is 12.1 Å². The highest BCUT2D eigenvalue weighted by atomic mass is 16.6. The minimum absolute atomic E-state index is 0.00314. The normalized spacial score (nSPS) is 11.9. The van der Waals surface area contributed by atoms with Gasteiger partial charge in [-0.25, -0.2) is 0 Å². The van der Waals surface area contributed by atoms with Crippen LogP contribution in [-0.2, 0) is 6.61 Å². The molecule has 0 saturated heterocycles. The first-order valence-corrected chi connectivity index (χ1v) is 5.44. The monoisotopic (exact) mass is 270 g/mol. The van der Waals surface area contributed by atoms with Crippen LogP contribution in [0, 0.1) is 10.1 Å². The van der Waals surface area contributed by atoms with Gasteiger partial charge in [0, 0.05) is 24.2 Å². The SMILES string of the molecule is O=C(NCC(O)CO)c1cc(CO)cc([N+](=O)[O-])c1. The fraction of sp³-hybridized carbons (Fsp3) is 0.364. The summed E-state index contributed by atoms with van der Waals surface area (Å²) in [5.41, 5.74) is -0.0650. The van der Waals surface area contributed by atoms with Crippen LogP contribution in [0.1, 0.15) is 15.9 Å². The Morgan fingerprint density at radius 2 is 2.05 bits per heavy atom. The Balaban J connectivity index is 2.89. The van der Waals surface area contributed by atoms with Crippen molar-refractivity contribution in [3.05, 3.63) is 39.4 Å². The number of nitro groups is 1. The van der Waals surface area contributed by atoms with E-state index < -0.39 is 30.1 Å². The Bertz CT molecular complexity index is 476. The van der Waals surface area contributed by atoms with Crippen LogP contribution in [-0.4, -0.2) is 45.4 Å². The van der Waals surface area contributed by atoms with Gasteiger partial charge in [-0.1, -0.05) is 0 Å². The zero-order chi connectivity index (χ0) is 14.4. The molecule has 1 unspecified atom stereocenters. The third kappa shape index (κ3) is 4.28. The highest BCUT2D eigenvalue weighted by Gasteiger charge is 2.15. The van der Waals surface area contributed by atoms with Gasteiger partial charge in [-0.15, -0.1) is 0 Å². The summed E-state index contributed by atoms with van der Waals surface area (Å²) >= 11 is 0. The number of aliphatic hydroxyl groups is 3. The molecule has 0 heterocycles. The standard InChI is InChI=1S/C11H14N2O6/c14-5-7-1-8(3-9(2-7)13(18)19)11(17)12-4-10(16)6-15/h1-3,10,14-16H,4-6H2,(H,12,17). The summed E-state index contributed by atoms with van der Waals surface area (Å²) in [6.45, 7) is -1.11. The van der Waals surface area contributed by atoms with Crippen molar-refractivity contribution >= 4 is 11.6 Å². The molecule has 1 amide bonds. The number of rotatable bonds is 6. The van der Waals surface area contributed by atoms with E-state index in [2.05, 4.69) is 5.32 Å². The molecule has 0 aliphatic carbocycles. The van der Waals surface area contributed by atoms with E-state index in [-0.39, 0.29) is 23.4 Å². The van der Waals surface area contributed by atoms with Crippen LogP contribution < -0.4 is 5.32 Å². The zero-order valence-corrected chi connectivity index (χ0v) is 9.94. The maximum atomic E-state index is 11.7. The van der Waals surface area contributed by atoms with Gasteiger partial charge in [0.25, 0.3) is 11.6 Å². The second-order valence-corrected chi connectivity index (χ2v) is 3.85. The largest absolute Gasteiger partial charge is 0.394 e. The first-order valence-electron chi connectivity index (χ1n) is 5.44. The molecule has 0 fully saturated rings. The molecule has 8 heteroatoms. The van der Waals surface area contributed by atoms with Gasteiger partial charge in [0.2, 0.25) is 0 Å². The summed E-state index contributed by atoms with van der Waals surface area (Å²) < 4.78 is 0. The summed E-state index contributed by atoms with van der Waals surface area (Å²) in [5, 5.41) is 39.6. The highest BCUT2D eigenvalue weighted by Crippen LogP contribution is 2.17. The minimum Gasteiger partial charge on any atom is -0.394 e. The number of hydrogen-bond donors (Lipinski definition) is 4. The number of nitro benzene ring substituents is 1. The Morgan fingerprint density at radius 1 is 1.37 bits per heavy atom. The van der Waals surface area contributed by atoms with Crippen molar-refractivity contribution in [2.45, 2.75) is 12.7 Å². The van der Waals surface area contributed by atoms with E-state index in [4.69, 9.17) is 15.3 Å². The van der Waals surface area contributed by atoms with Crippen LogP contribution in [0.5, 0.6) is 0 Å². The van der Waals surface area contributed by atoms with E-state index in [1.807, 2.05) is 0 Å². The molecule has 1 aromatic rings. The van der Waals surface area contributed by atoms with E-state index in [9.17, 15) is 14.9 Å². The van der Waals surface area contributed by atoms with Crippen molar-refractivity contribution in [3.8, 4) is 0 Å². The maximum Gasteiger partial charge on any atom is 0.270 e. The van der Waals surface area contributed by atoms with Gasteiger partial charge < -0.3 is 20.6 Å². The zero-order valence-electron chi connectivity index (χ0n) is 9.94. The van der Waals surface area contributed by atoms with Gasteiger partial charge in [0.1, 0.15) is 0 Å². The number of amides is 1. The summed E-state index contributed by atoms with van der Waals surface area (Å²) in [7, 11) is 0. The first kappa shape index (κ1) is 15.0. The lowest BCUT2D eigenvalue weighted by Crippen LogP contribution is -2.33. The van der Waals surface area contributed by atoms with Gasteiger partial charge in [-0.05, 0) is 11.6 Å². The van der Waals surface area contributed by atoms with Gasteiger partial charge >= 0.3 is 0 Å². The minimum atomic E-state index is -1.10.